The Bertz CT molecular complexity index is 433. The third-order valence-corrected chi connectivity index (χ3v) is 2.44. The Hall–Kier alpha value is -2.01. The van der Waals surface area contributed by atoms with Gasteiger partial charge in [-0.15, -0.1) is 6.58 Å². The SMILES string of the molecule is C=CCNC(=O)COc1ccc(OC)cc1CNC. The molecular weight excluding hydrogens is 244 g/mol. The Morgan fingerprint density at radius 2 is 2.26 bits per heavy atom. The van der Waals surface area contributed by atoms with Crippen molar-refractivity contribution in [1.82, 2.24) is 10.6 Å². The van der Waals surface area contributed by atoms with Crippen LogP contribution >= 0.6 is 0 Å². The molecule has 104 valence electrons. The van der Waals surface area contributed by atoms with Gasteiger partial charge in [0.05, 0.1) is 7.11 Å². The van der Waals surface area contributed by atoms with Crippen LogP contribution in [0.1, 0.15) is 5.56 Å². The second-order valence-corrected chi connectivity index (χ2v) is 3.89. The van der Waals surface area contributed by atoms with Crippen LogP contribution in [0.4, 0.5) is 0 Å². The molecular formula is C14H20N2O3. The molecule has 0 unspecified atom stereocenters. The highest BCUT2D eigenvalue weighted by atomic mass is 16.5. The maximum Gasteiger partial charge on any atom is 0.258 e. The lowest BCUT2D eigenvalue weighted by atomic mass is 10.2. The van der Waals surface area contributed by atoms with E-state index in [0.717, 1.165) is 11.3 Å². The second-order valence-electron chi connectivity index (χ2n) is 3.89. The van der Waals surface area contributed by atoms with Crippen LogP contribution in [-0.2, 0) is 11.3 Å². The zero-order valence-corrected chi connectivity index (χ0v) is 11.4. The predicted octanol–water partition coefficient (Wildman–Crippen LogP) is 1.10. The Morgan fingerprint density at radius 1 is 1.47 bits per heavy atom. The van der Waals surface area contributed by atoms with E-state index in [1.54, 1.807) is 25.3 Å². The van der Waals surface area contributed by atoms with Crippen molar-refractivity contribution < 1.29 is 14.3 Å². The van der Waals surface area contributed by atoms with Gasteiger partial charge < -0.3 is 20.1 Å². The molecule has 1 aromatic rings. The van der Waals surface area contributed by atoms with Gasteiger partial charge in [0.25, 0.3) is 5.91 Å². The topological polar surface area (TPSA) is 59.6 Å². The van der Waals surface area contributed by atoms with Crippen molar-refractivity contribution in [3.8, 4) is 11.5 Å². The third kappa shape index (κ3) is 5.01. The highest BCUT2D eigenvalue weighted by Gasteiger charge is 2.07. The van der Waals surface area contributed by atoms with Gasteiger partial charge in [-0.2, -0.15) is 0 Å². The average molecular weight is 264 g/mol. The largest absolute Gasteiger partial charge is 0.497 e. The molecule has 19 heavy (non-hydrogen) atoms. The van der Waals surface area contributed by atoms with E-state index in [1.165, 1.54) is 0 Å². The molecule has 0 saturated carbocycles. The van der Waals surface area contributed by atoms with E-state index in [2.05, 4.69) is 17.2 Å². The minimum Gasteiger partial charge on any atom is -0.497 e. The fourth-order valence-corrected chi connectivity index (χ4v) is 1.53. The number of ether oxygens (including phenoxy) is 2. The van der Waals surface area contributed by atoms with Crippen LogP contribution in [-0.4, -0.2) is 33.2 Å². The zero-order chi connectivity index (χ0) is 14.1. The first-order chi connectivity index (χ1) is 9.21. The summed E-state index contributed by atoms with van der Waals surface area (Å²) in [5.74, 6) is 1.25. The van der Waals surface area contributed by atoms with Crippen LogP contribution in [0, 0.1) is 0 Å². The molecule has 0 spiro atoms. The van der Waals surface area contributed by atoms with Crippen LogP contribution in [0.3, 0.4) is 0 Å². The molecule has 1 rings (SSSR count). The van der Waals surface area contributed by atoms with Gasteiger partial charge in [0.1, 0.15) is 11.5 Å². The molecule has 0 radical (unpaired) electrons. The summed E-state index contributed by atoms with van der Waals surface area (Å²) >= 11 is 0. The van der Waals surface area contributed by atoms with Crippen LogP contribution in [0.5, 0.6) is 11.5 Å². The third-order valence-electron chi connectivity index (χ3n) is 2.44. The lowest BCUT2D eigenvalue weighted by Crippen LogP contribution is -2.29. The lowest BCUT2D eigenvalue weighted by Gasteiger charge is -2.12. The summed E-state index contributed by atoms with van der Waals surface area (Å²) in [6, 6.07) is 5.48. The number of amides is 1. The average Bonchev–Trinajstić information content (AvgIpc) is 2.43. The van der Waals surface area contributed by atoms with E-state index in [-0.39, 0.29) is 12.5 Å². The molecule has 1 aromatic carbocycles. The van der Waals surface area contributed by atoms with E-state index in [0.29, 0.717) is 18.8 Å². The van der Waals surface area contributed by atoms with Crippen molar-refractivity contribution in [2.75, 3.05) is 27.3 Å². The van der Waals surface area contributed by atoms with Crippen molar-refractivity contribution in [1.29, 1.82) is 0 Å². The summed E-state index contributed by atoms with van der Waals surface area (Å²) in [6.45, 7) is 4.59. The molecule has 0 saturated heterocycles. The summed E-state index contributed by atoms with van der Waals surface area (Å²) in [7, 11) is 3.46. The minimum absolute atomic E-state index is 0.0170. The number of carbonyl (C=O) groups is 1. The van der Waals surface area contributed by atoms with Crippen LogP contribution in [0.2, 0.25) is 0 Å². The van der Waals surface area contributed by atoms with E-state index in [9.17, 15) is 4.79 Å². The number of methoxy groups -OCH3 is 1. The van der Waals surface area contributed by atoms with Crippen molar-refractivity contribution in [3.05, 3.63) is 36.4 Å². The van der Waals surface area contributed by atoms with Gasteiger partial charge in [-0.05, 0) is 25.2 Å². The van der Waals surface area contributed by atoms with Crippen LogP contribution in [0.15, 0.2) is 30.9 Å². The molecule has 0 aliphatic carbocycles. The smallest absolute Gasteiger partial charge is 0.258 e. The summed E-state index contributed by atoms with van der Waals surface area (Å²) in [5.41, 5.74) is 0.943. The van der Waals surface area contributed by atoms with E-state index < -0.39 is 0 Å². The first kappa shape index (κ1) is 15.0. The quantitative estimate of drug-likeness (QED) is 0.690. The number of rotatable bonds is 8. The predicted molar refractivity (Wildman–Crippen MR) is 74.5 cm³/mol. The van der Waals surface area contributed by atoms with Gasteiger partial charge >= 0.3 is 0 Å². The number of benzene rings is 1. The van der Waals surface area contributed by atoms with Gasteiger partial charge in [-0.3, -0.25) is 4.79 Å². The fraction of sp³-hybridized carbons (Fsp3) is 0.357. The van der Waals surface area contributed by atoms with E-state index in [1.807, 2.05) is 13.1 Å². The maximum absolute atomic E-state index is 11.4. The first-order valence-electron chi connectivity index (χ1n) is 6.03. The molecule has 5 nitrogen and oxygen atoms in total. The molecule has 0 aliphatic rings. The zero-order valence-electron chi connectivity index (χ0n) is 11.4. The number of hydrogen-bond acceptors (Lipinski definition) is 4. The fourth-order valence-electron chi connectivity index (χ4n) is 1.53. The first-order valence-corrected chi connectivity index (χ1v) is 6.03. The van der Waals surface area contributed by atoms with E-state index in [4.69, 9.17) is 9.47 Å². The highest BCUT2D eigenvalue weighted by molar-refractivity contribution is 5.77. The number of hydrogen-bond donors (Lipinski definition) is 2. The van der Waals surface area contributed by atoms with Gasteiger partial charge in [-0.25, -0.2) is 0 Å². The van der Waals surface area contributed by atoms with Crippen molar-refractivity contribution in [2.45, 2.75) is 6.54 Å². The van der Waals surface area contributed by atoms with Gasteiger partial charge in [0, 0.05) is 18.7 Å². The summed E-state index contributed by atoms with van der Waals surface area (Å²) in [5, 5.41) is 5.70. The molecule has 2 N–H and O–H groups in total. The summed E-state index contributed by atoms with van der Waals surface area (Å²) in [6.07, 6.45) is 1.62. The van der Waals surface area contributed by atoms with Crippen LogP contribution < -0.4 is 20.1 Å². The molecule has 0 aliphatic heterocycles. The molecule has 0 fully saturated rings. The molecule has 1 amide bonds. The van der Waals surface area contributed by atoms with Gasteiger partial charge in [0.15, 0.2) is 6.61 Å². The highest BCUT2D eigenvalue weighted by Crippen LogP contribution is 2.24. The lowest BCUT2D eigenvalue weighted by molar-refractivity contribution is -0.122. The van der Waals surface area contributed by atoms with Crippen molar-refractivity contribution in [3.63, 3.8) is 0 Å². The summed E-state index contributed by atoms with van der Waals surface area (Å²) < 4.78 is 10.7. The number of nitrogens with one attached hydrogen (secondary N) is 2. The number of carbonyl (C=O) groups excluding carboxylic acids is 1. The molecule has 0 bridgehead atoms. The normalized spacial score (nSPS) is 9.79. The van der Waals surface area contributed by atoms with Crippen molar-refractivity contribution in [2.24, 2.45) is 0 Å². The Kier molecular flexibility index (Phi) is 6.46. The van der Waals surface area contributed by atoms with Gasteiger partial charge in [-0.1, -0.05) is 6.08 Å². The Balaban J connectivity index is 2.65. The van der Waals surface area contributed by atoms with E-state index >= 15 is 0 Å². The molecule has 5 heteroatoms. The Labute approximate surface area is 113 Å². The standard InChI is InChI=1S/C14H20N2O3/c1-4-7-16-14(17)10-19-13-6-5-12(18-3)8-11(13)9-15-2/h4-6,8,15H,1,7,9-10H2,2-3H3,(H,16,17). The van der Waals surface area contributed by atoms with Crippen LogP contribution in [0.25, 0.3) is 0 Å². The molecule has 0 atom stereocenters. The summed E-state index contributed by atoms with van der Waals surface area (Å²) in [4.78, 5) is 11.4. The minimum atomic E-state index is -0.175. The molecule has 0 heterocycles. The van der Waals surface area contributed by atoms with Crippen molar-refractivity contribution >= 4 is 5.91 Å². The maximum atomic E-state index is 11.4. The monoisotopic (exact) mass is 264 g/mol. The Morgan fingerprint density at radius 3 is 2.89 bits per heavy atom. The van der Waals surface area contributed by atoms with Gasteiger partial charge in [0.2, 0.25) is 0 Å². The second kappa shape index (κ2) is 8.16. The molecule has 0 aromatic heterocycles.